The molecule has 1 atom stereocenters. The van der Waals surface area contributed by atoms with E-state index in [4.69, 9.17) is 0 Å². The van der Waals surface area contributed by atoms with Gasteiger partial charge in [0.1, 0.15) is 0 Å². The third kappa shape index (κ3) is 2.98. The average Bonchev–Trinajstić information content (AvgIpc) is 3.12. The standard InChI is InChI=1S/C20H27N3O/c1-14-7-5-8-17(11-14)23-15(2)12-19(16(23)3)20(24)22-10-6-9-18(22)13-21-4/h5,7-8,11-12,18,21H,6,9-10,13H2,1-4H3. The van der Waals surface area contributed by atoms with Gasteiger partial charge in [0.05, 0.1) is 5.56 Å². The molecule has 0 spiro atoms. The molecule has 1 amide bonds. The molecule has 1 aliphatic heterocycles. The summed E-state index contributed by atoms with van der Waals surface area (Å²) in [7, 11) is 1.95. The number of hydrogen-bond donors (Lipinski definition) is 1. The summed E-state index contributed by atoms with van der Waals surface area (Å²) in [6.07, 6.45) is 2.18. The highest BCUT2D eigenvalue weighted by Crippen LogP contribution is 2.26. The van der Waals surface area contributed by atoms with E-state index in [1.54, 1.807) is 0 Å². The summed E-state index contributed by atoms with van der Waals surface area (Å²) in [6.45, 7) is 7.94. The maximum Gasteiger partial charge on any atom is 0.255 e. The van der Waals surface area contributed by atoms with E-state index in [1.165, 1.54) is 5.56 Å². The lowest BCUT2D eigenvalue weighted by Gasteiger charge is -2.24. The molecule has 1 aliphatic rings. The summed E-state index contributed by atoms with van der Waals surface area (Å²) < 4.78 is 2.18. The van der Waals surface area contributed by atoms with E-state index >= 15 is 0 Å². The molecule has 0 radical (unpaired) electrons. The molecular weight excluding hydrogens is 298 g/mol. The summed E-state index contributed by atoms with van der Waals surface area (Å²) >= 11 is 0. The molecule has 1 aromatic heterocycles. The first-order chi connectivity index (χ1) is 11.5. The van der Waals surface area contributed by atoms with Crippen LogP contribution < -0.4 is 5.32 Å². The monoisotopic (exact) mass is 325 g/mol. The number of likely N-dealkylation sites (tertiary alicyclic amines) is 1. The van der Waals surface area contributed by atoms with Gasteiger partial charge in [-0.3, -0.25) is 4.79 Å². The molecule has 2 aromatic rings. The summed E-state index contributed by atoms with van der Waals surface area (Å²) in [5, 5.41) is 3.21. The van der Waals surface area contributed by atoms with Crippen LogP contribution in [0.2, 0.25) is 0 Å². The zero-order chi connectivity index (χ0) is 17.3. The van der Waals surface area contributed by atoms with Gasteiger partial charge in [-0.1, -0.05) is 12.1 Å². The summed E-state index contributed by atoms with van der Waals surface area (Å²) in [4.78, 5) is 15.1. The first-order valence-corrected chi connectivity index (χ1v) is 8.74. The van der Waals surface area contributed by atoms with Crippen molar-refractivity contribution in [2.24, 2.45) is 0 Å². The highest BCUT2D eigenvalue weighted by molar-refractivity contribution is 5.96. The number of likely N-dealkylation sites (N-methyl/N-ethyl adjacent to an activating group) is 1. The lowest BCUT2D eigenvalue weighted by Crippen LogP contribution is -2.41. The molecule has 1 unspecified atom stereocenters. The molecule has 4 nitrogen and oxygen atoms in total. The van der Waals surface area contributed by atoms with Gasteiger partial charge in [-0.05, 0) is 64.4 Å². The fourth-order valence-electron chi connectivity index (χ4n) is 3.85. The maximum absolute atomic E-state index is 13.1. The zero-order valence-electron chi connectivity index (χ0n) is 15.1. The van der Waals surface area contributed by atoms with E-state index in [0.29, 0.717) is 6.04 Å². The van der Waals surface area contributed by atoms with Crippen molar-refractivity contribution in [3.8, 4) is 5.69 Å². The molecule has 128 valence electrons. The number of hydrogen-bond acceptors (Lipinski definition) is 2. The number of benzene rings is 1. The number of nitrogens with one attached hydrogen (secondary N) is 1. The van der Waals surface area contributed by atoms with Crippen LogP contribution in [0.25, 0.3) is 5.69 Å². The fraction of sp³-hybridized carbons (Fsp3) is 0.450. The number of aromatic nitrogens is 1. The first-order valence-electron chi connectivity index (χ1n) is 8.74. The van der Waals surface area contributed by atoms with E-state index in [-0.39, 0.29) is 5.91 Å². The molecule has 24 heavy (non-hydrogen) atoms. The van der Waals surface area contributed by atoms with Crippen LogP contribution in [0.15, 0.2) is 30.3 Å². The van der Waals surface area contributed by atoms with Gasteiger partial charge in [-0.15, -0.1) is 0 Å². The number of carbonyl (C=O) groups is 1. The topological polar surface area (TPSA) is 37.3 Å². The summed E-state index contributed by atoms with van der Waals surface area (Å²) in [5.41, 5.74) is 5.31. The lowest BCUT2D eigenvalue weighted by atomic mass is 10.1. The van der Waals surface area contributed by atoms with Crippen LogP contribution in [0, 0.1) is 20.8 Å². The van der Waals surface area contributed by atoms with Crippen molar-refractivity contribution in [3.05, 3.63) is 52.8 Å². The Morgan fingerprint density at radius 3 is 2.75 bits per heavy atom. The van der Waals surface area contributed by atoms with E-state index in [1.807, 2.05) is 24.9 Å². The molecule has 1 aromatic carbocycles. The second kappa shape index (κ2) is 6.81. The van der Waals surface area contributed by atoms with E-state index in [0.717, 1.165) is 48.6 Å². The second-order valence-corrected chi connectivity index (χ2v) is 6.81. The Morgan fingerprint density at radius 2 is 2.04 bits per heavy atom. The van der Waals surface area contributed by atoms with E-state index < -0.39 is 0 Å². The predicted molar refractivity (Wildman–Crippen MR) is 98.0 cm³/mol. The van der Waals surface area contributed by atoms with Crippen molar-refractivity contribution in [1.29, 1.82) is 0 Å². The largest absolute Gasteiger partial charge is 0.334 e. The van der Waals surface area contributed by atoms with Crippen LogP contribution >= 0.6 is 0 Å². The molecule has 3 rings (SSSR count). The molecule has 1 fully saturated rings. The van der Waals surface area contributed by atoms with Gasteiger partial charge in [-0.25, -0.2) is 0 Å². The Morgan fingerprint density at radius 1 is 1.25 bits per heavy atom. The molecule has 0 aliphatic carbocycles. The number of amides is 1. The number of rotatable bonds is 4. The van der Waals surface area contributed by atoms with Crippen molar-refractivity contribution in [3.63, 3.8) is 0 Å². The SMILES string of the molecule is CNCC1CCCN1C(=O)c1cc(C)n(-c2cccc(C)c2)c1C. The van der Waals surface area contributed by atoms with Gasteiger partial charge in [0.2, 0.25) is 0 Å². The maximum atomic E-state index is 13.1. The Kier molecular flexibility index (Phi) is 4.76. The lowest BCUT2D eigenvalue weighted by molar-refractivity contribution is 0.0736. The normalized spacial score (nSPS) is 17.5. The van der Waals surface area contributed by atoms with Crippen LogP contribution in [0.1, 0.15) is 40.2 Å². The van der Waals surface area contributed by atoms with Gasteiger partial charge in [0.15, 0.2) is 0 Å². The molecule has 4 heteroatoms. The minimum atomic E-state index is 0.166. The van der Waals surface area contributed by atoms with Crippen molar-refractivity contribution in [2.75, 3.05) is 20.1 Å². The molecule has 1 saturated heterocycles. The Hall–Kier alpha value is -2.07. The Bertz CT molecular complexity index is 747. The fourth-order valence-corrected chi connectivity index (χ4v) is 3.85. The van der Waals surface area contributed by atoms with E-state index in [9.17, 15) is 4.79 Å². The van der Waals surface area contributed by atoms with Gasteiger partial charge in [0.25, 0.3) is 5.91 Å². The van der Waals surface area contributed by atoms with Gasteiger partial charge in [0, 0.05) is 36.2 Å². The van der Waals surface area contributed by atoms with E-state index in [2.05, 4.69) is 48.0 Å². The van der Waals surface area contributed by atoms with Gasteiger partial charge in [-0.2, -0.15) is 0 Å². The number of nitrogens with zero attached hydrogens (tertiary/aromatic N) is 2. The molecule has 2 heterocycles. The average molecular weight is 325 g/mol. The van der Waals surface area contributed by atoms with Crippen molar-refractivity contribution in [1.82, 2.24) is 14.8 Å². The number of carbonyl (C=O) groups excluding carboxylic acids is 1. The van der Waals surface area contributed by atoms with Crippen LogP contribution in [-0.2, 0) is 0 Å². The van der Waals surface area contributed by atoms with Crippen LogP contribution in [0.5, 0.6) is 0 Å². The van der Waals surface area contributed by atoms with Gasteiger partial charge >= 0.3 is 0 Å². The Balaban J connectivity index is 1.95. The minimum absolute atomic E-state index is 0.166. The van der Waals surface area contributed by atoms with Crippen molar-refractivity contribution >= 4 is 5.91 Å². The smallest absolute Gasteiger partial charge is 0.255 e. The van der Waals surface area contributed by atoms with Gasteiger partial charge < -0.3 is 14.8 Å². The third-order valence-corrected chi connectivity index (χ3v) is 5.00. The molecule has 0 bridgehead atoms. The summed E-state index contributed by atoms with van der Waals surface area (Å²) in [6, 6.07) is 10.8. The first kappa shape index (κ1) is 16.8. The Labute approximate surface area is 144 Å². The van der Waals surface area contributed by atoms with Crippen molar-refractivity contribution < 1.29 is 4.79 Å². The highest BCUT2D eigenvalue weighted by Gasteiger charge is 2.30. The van der Waals surface area contributed by atoms with Crippen LogP contribution in [0.4, 0.5) is 0 Å². The quantitative estimate of drug-likeness (QED) is 0.937. The minimum Gasteiger partial charge on any atom is -0.334 e. The van der Waals surface area contributed by atoms with Crippen LogP contribution in [-0.4, -0.2) is 41.6 Å². The third-order valence-electron chi connectivity index (χ3n) is 5.00. The second-order valence-electron chi connectivity index (χ2n) is 6.81. The predicted octanol–water partition coefficient (Wildman–Crippen LogP) is 3.23. The summed E-state index contributed by atoms with van der Waals surface area (Å²) in [5.74, 6) is 0.166. The zero-order valence-corrected chi connectivity index (χ0v) is 15.1. The van der Waals surface area contributed by atoms with Crippen LogP contribution in [0.3, 0.4) is 0 Å². The molecule has 0 saturated carbocycles. The highest BCUT2D eigenvalue weighted by atomic mass is 16.2. The van der Waals surface area contributed by atoms with Crippen molar-refractivity contribution in [2.45, 2.75) is 39.7 Å². The molecule has 1 N–H and O–H groups in total. The molecular formula is C20H27N3O. The number of aryl methyl sites for hydroxylation is 2.